The molecule has 4 heteroatoms. The van der Waals surface area contributed by atoms with Gasteiger partial charge in [-0.25, -0.2) is 15.0 Å². The number of benzene rings is 10. The summed E-state index contributed by atoms with van der Waals surface area (Å²) in [7, 11) is 0. The zero-order valence-corrected chi connectivity index (χ0v) is 33.1. The number of fused-ring (bicyclic) bond motifs is 9. The summed E-state index contributed by atoms with van der Waals surface area (Å²) < 4.78 is 2.37. The fourth-order valence-electron chi connectivity index (χ4n) is 9.20. The van der Waals surface area contributed by atoms with Crippen LogP contribution in [0.2, 0.25) is 0 Å². The van der Waals surface area contributed by atoms with Crippen LogP contribution in [0.1, 0.15) is 0 Å². The number of hydrogen-bond donors (Lipinski definition) is 0. The van der Waals surface area contributed by atoms with Gasteiger partial charge in [0.15, 0.2) is 17.5 Å². The molecule has 12 rings (SSSR count). The van der Waals surface area contributed by atoms with E-state index < -0.39 is 0 Å². The Morgan fingerprint density at radius 3 is 1.41 bits per heavy atom. The molecule has 12 aromatic rings. The molecule has 0 aliphatic heterocycles. The Labute approximate surface area is 352 Å². The molecule has 0 radical (unpaired) electrons. The van der Waals surface area contributed by atoms with Crippen molar-refractivity contribution >= 4 is 54.1 Å². The van der Waals surface area contributed by atoms with Crippen LogP contribution in [0, 0.1) is 0 Å². The third-order valence-electron chi connectivity index (χ3n) is 12.0. The summed E-state index contributed by atoms with van der Waals surface area (Å²) in [6, 6.07) is 77.8. The van der Waals surface area contributed by atoms with Crippen LogP contribution in [0.15, 0.2) is 218 Å². The van der Waals surface area contributed by atoms with Gasteiger partial charge in [0.2, 0.25) is 0 Å². The van der Waals surface area contributed by atoms with Crippen molar-refractivity contribution in [3.63, 3.8) is 0 Å². The molecule has 10 aromatic carbocycles. The second-order valence-corrected chi connectivity index (χ2v) is 15.6. The van der Waals surface area contributed by atoms with Crippen molar-refractivity contribution in [2.75, 3.05) is 0 Å². The number of hydrogen-bond acceptors (Lipinski definition) is 3. The van der Waals surface area contributed by atoms with Crippen LogP contribution in [-0.4, -0.2) is 19.5 Å². The van der Waals surface area contributed by atoms with E-state index in [4.69, 9.17) is 15.0 Å². The van der Waals surface area contributed by atoms with Crippen LogP contribution in [0.3, 0.4) is 0 Å². The maximum absolute atomic E-state index is 5.11. The number of rotatable bonds is 6. The van der Waals surface area contributed by atoms with Gasteiger partial charge in [-0.3, -0.25) is 0 Å². The van der Waals surface area contributed by atoms with Gasteiger partial charge in [0, 0.05) is 33.2 Å². The van der Waals surface area contributed by atoms with Crippen molar-refractivity contribution in [3.8, 4) is 62.1 Å². The molecule has 0 saturated heterocycles. The average Bonchev–Trinajstić information content (AvgIpc) is 3.68. The minimum Gasteiger partial charge on any atom is -0.309 e. The molecule has 284 valence electrons. The Balaban J connectivity index is 1.11. The monoisotopic (exact) mass is 776 g/mol. The maximum Gasteiger partial charge on any atom is 0.164 e. The van der Waals surface area contributed by atoms with Crippen molar-refractivity contribution < 1.29 is 0 Å². The highest BCUT2D eigenvalue weighted by Gasteiger charge is 2.19. The molecule has 2 heterocycles. The molecular weight excluding hydrogens is 741 g/mol. The summed E-state index contributed by atoms with van der Waals surface area (Å²) in [5.74, 6) is 1.91. The molecular formula is C57H36N4. The molecule has 0 aliphatic rings. The van der Waals surface area contributed by atoms with Crippen molar-refractivity contribution in [1.29, 1.82) is 0 Å². The quantitative estimate of drug-likeness (QED) is 0.158. The lowest BCUT2D eigenvalue weighted by molar-refractivity contribution is 1.07. The van der Waals surface area contributed by atoms with Gasteiger partial charge in [-0.05, 0) is 103 Å². The second kappa shape index (κ2) is 14.3. The number of para-hydroxylation sites is 2. The normalized spacial score (nSPS) is 11.6. The fourth-order valence-corrected chi connectivity index (χ4v) is 9.20. The summed E-state index contributed by atoms with van der Waals surface area (Å²) >= 11 is 0. The molecule has 0 fully saturated rings. The van der Waals surface area contributed by atoms with E-state index in [1.54, 1.807) is 0 Å². The summed E-state index contributed by atoms with van der Waals surface area (Å²) in [5.41, 5.74) is 10.9. The van der Waals surface area contributed by atoms with Gasteiger partial charge >= 0.3 is 0 Å². The highest BCUT2D eigenvalue weighted by molar-refractivity contribution is 6.29. The van der Waals surface area contributed by atoms with Gasteiger partial charge in [-0.2, -0.15) is 0 Å². The topological polar surface area (TPSA) is 43.6 Å². The molecule has 0 spiro atoms. The summed E-state index contributed by atoms with van der Waals surface area (Å²) in [6.07, 6.45) is 0. The van der Waals surface area contributed by atoms with E-state index in [0.29, 0.717) is 17.5 Å². The van der Waals surface area contributed by atoms with Crippen LogP contribution in [0.4, 0.5) is 0 Å². The van der Waals surface area contributed by atoms with Crippen LogP contribution in [0.25, 0.3) is 116 Å². The van der Waals surface area contributed by atoms with Crippen LogP contribution in [0.5, 0.6) is 0 Å². The largest absolute Gasteiger partial charge is 0.309 e. The maximum atomic E-state index is 5.11. The van der Waals surface area contributed by atoms with E-state index in [-0.39, 0.29) is 0 Å². The Hall–Kier alpha value is -8.21. The molecule has 61 heavy (non-hydrogen) atoms. The van der Waals surface area contributed by atoms with Crippen molar-refractivity contribution in [2.45, 2.75) is 0 Å². The second-order valence-electron chi connectivity index (χ2n) is 15.6. The van der Waals surface area contributed by atoms with Gasteiger partial charge in [0.05, 0.1) is 11.0 Å². The summed E-state index contributed by atoms with van der Waals surface area (Å²) in [4.78, 5) is 15.2. The van der Waals surface area contributed by atoms with Gasteiger partial charge < -0.3 is 4.57 Å². The van der Waals surface area contributed by atoms with Crippen LogP contribution < -0.4 is 0 Å². The zero-order chi connectivity index (χ0) is 40.3. The average molecular weight is 777 g/mol. The fraction of sp³-hybridized carbons (Fsp3) is 0. The first kappa shape index (κ1) is 34.8. The molecule has 0 saturated carbocycles. The zero-order valence-electron chi connectivity index (χ0n) is 33.1. The van der Waals surface area contributed by atoms with Crippen molar-refractivity contribution in [2.24, 2.45) is 0 Å². The Morgan fingerprint density at radius 2 is 0.738 bits per heavy atom. The van der Waals surface area contributed by atoms with Crippen molar-refractivity contribution in [1.82, 2.24) is 19.5 Å². The first-order valence-electron chi connectivity index (χ1n) is 20.7. The smallest absolute Gasteiger partial charge is 0.164 e. The molecule has 0 amide bonds. The van der Waals surface area contributed by atoms with Gasteiger partial charge in [0.25, 0.3) is 0 Å². The van der Waals surface area contributed by atoms with E-state index in [2.05, 4.69) is 162 Å². The van der Waals surface area contributed by atoms with Gasteiger partial charge in [-0.15, -0.1) is 0 Å². The number of nitrogens with zero attached hydrogens (tertiary/aromatic N) is 4. The van der Waals surface area contributed by atoms with E-state index >= 15 is 0 Å². The van der Waals surface area contributed by atoms with Crippen molar-refractivity contribution in [3.05, 3.63) is 218 Å². The molecule has 0 bridgehead atoms. The highest BCUT2D eigenvalue weighted by atomic mass is 15.0. The Morgan fingerprint density at radius 1 is 0.262 bits per heavy atom. The lowest BCUT2D eigenvalue weighted by Gasteiger charge is -2.17. The first-order valence-corrected chi connectivity index (χ1v) is 20.7. The molecule has 0 atom stereocenters. The molecule has 0 unspecified atom stereocenters. The molecule has 2 aromatic heterocycles. The SMILES string of the molecule is c1ccc(-c2nc(-c3ccccc3)nc(-c3cccc(-c4cc(-c5ccc6c(c5)c5ccccc5n6-c5ccccc5)cc5c6ccccc6c6ccccc6c45)c3)n2)cc1. The highest BCUT2D eigenvalue weighted by Crippen LogP contribution is 2.44. The van der Waals surface area contributed by atoms with E-state index in [1.165, 1.54) is 54.1 Å². The van der Waals surface area contributed by atoms with E-state index in [9.17, 15) is 0 Å². The Kier molecular flexibility index (Phi) is 8.13. The summed E-state index contributed by atoms with van der Waals surface area (Å²) in [5, 5.41) is 9.84. The van der Waals surface area contributed by atoms with Crippen LogP contribution in [-0.2, 0) is 0 Å². The van der Waals surface area contributed by atoms with Crippen LogP contribution >= 0.6 is 0 Å². The van der Waals surface area contributed by atoms with Gasteiger partial charge in [-0.1, -0.05) is 170 Å². The molecule has 0 N–H and O–H groups in total. The predicted octanol–water partition coefficient (Wildman–Crippen LogP) is 14.8. The van der Waals surface area contributed by atoms with E-state index in [0.717, 1.165) is 44.6 Å². The third kappa shape index (κ3) is 5.88. The minimum absolute atomic E-state index is 0.630. The van der Waals surface area contributed by atoms with E-state index in [1.807, 2.05) is 60.7 Å². The minimum atomic E-state index is 0.630. The molecule has 4 nitrogen and oxygen atoms in total. The standard InChI is InChI=1S/C57H36N4/c1-4-17-37(18-5-1)55-58-56(38-19-6-2-7-20-38)60-57(59-55)41-22-16-21-40(33-41)49-35-42(36-51-46-27-11-10-25-44(46)45-26-12-13-29-48(45)54(49)51)39-31-32-53-50(34-39)47-28-14-15-30-52(47)61(53)43-23-8-3-9-24-43/h1-36H. The molecule has 0 aliphatic carbocycles. The third-order valence-corrected chi connectivity index (χ3v) is 12.0. The Bertz CT molecular complexity index is 3570. The number of aromatic nitrogens is 4. The lowest BCUT2D eigenvalue weighted by Crippen LogP contribution is -2.00. The lowest BCUT2D eigenvalue weighted by atomic mass is 9.86. The first-order chi connectivity index (χ1) is 30.2. The predicted molar refractivity (Wildman–Crippen MR) is 254 cm³/mol. The van der Waals surface area contributed by atoms with Gasteiger partial charge in [0.1, 0.15) is 0 Å². The summed E-state index contributed by atoms with van der Waals surface area (Å²) in [6.45, 7) is 0.